The van der Waals surface area contributed by atoms with Gasteiger partial charge in [-0.25, -0.2) is 4.98 Å². The van der Waals surface area contributed by atoms with Crippen molar-refractivity contribution in [3.63, 3.8) is 0 Å². The van der Waals surface area contributed by atoms with E-state index in [2.05, 4.69) is 15.0 Å². The molecule has 0 spiro atoms. The first-order valence-corrected chi connectivity index (χ1v) is 8.38. The molecule has 4 nitrogen and oxygen atoms in total. The molecule has 0 aliphatic rings. The molecule has 0 saturated carbocycles. The van der Waals surface area contributed by atoms with Crippen LogP contribution in [0, 0.1) is 6.92 Å². The number of hydrogen-bond acceptors (Lipinski definition) is 4. The second-order valence-electron chi connectivity index (χ2n) is 5.36. The molecule has 0 bridgehead atoms. The number of thiazole rings is 1. The Bertz CT molecular complexity index is 921. The SMILES string of the molecule is Cc1nc(-c2ccc(NC(=O)c3cccc(OC(F)(F)F)c3)cc2)cs1. The number of halogens is 3. The minimum Gasteiger partial charge on any atom is -0.406 e. The number of carbonyl (C=O) groups is 1. The van der Waals surface area contributed by atoms with Crippen molar-refractivity contribution in [3.8, 4) is 17.0 Å². The monoisotopic (exact) mass is 378 g/mol. The van der Waals surface area contributed by atoms with E-state index in [1.54, 1.807) is 23.5 Å². The summed E-state index contributed by atoms with van der Waals surface area (Å²) in [5.41, 5.74) is 2.34. The normalized spacial score (nSPS) is 11.2. The number of benzene rings is 2. The quantitative estimate of drug-likeness (QED) is 0.673. The fraction of sp³-hybridized carbons (Fsp3) is 0.111. The van der Waals surface area contributed by atoms with E-state index in [0.29, 0.717) is 5.69 Å². The fourth-order valence-electron chi connectivity index (χ4n) is 2.26. The number of hydrogen-bond donors (Lipinski definition) is 1. The number of aryl methyl sites for hydroxylation is 1. The van der Waals surface area contributed by atoms with Gasteiger partial charge < -0.3 is 10.1 Å². The number of nitrogens with one attached hydrogen (secondary N) is 1. The number of amides is 1. The Morgan fingerprint density at radius 2 is 1.88 bits per heavy atom. The van der Waals surface area contributed by atoms with Gasteiger partial charge in [-0.05, 0) is 37.3 Å². The third-order valence-electron chi connectivity index (χ3n) is 3.39. The summed E-state index contributed by atoms with van der Waals surface area (Å²) < 4.78 is 40.6. The van der Waals surface area contributed by atoms with E-state index >= 15 is 0 Å². The molecule has 3 rings (SSSR count). The highest BCUT2D eigenvalue weighted by molar-refractivity contribution is 7.09. The number of nitrogens with zero attached hydrogens (tertiary/aromatic N) is 1. The van der Waals surface area contributed by atoms with Crippen LogP contribution in [0.15, 0.2) is 53.9 Å². The van der Waals surface area contributed by atoms with Crippen LogP contribution in [0.3, 0.4) is 0 Å². The second-order valence-corrected chi connectivity index (χ2v) is 6.42. The third-order valence-corrected chi connectivity index (χ3v) is 4.16. The summed E-state index contributed by atoms with van der Waals surface area (Å²) >= 11 is 1.54. The van der Waals surface area contributed by atoms with Gasteiger partial charge in [0, 0.05) is 22.2 Å². The van der Waals surface area contributed by atoms with Crippen molar-refractivity contribution < 1.29 is 22.7 Å². The molecule has 0 aliphatic heterocycles. The lowest BCUT2D eigenvalue weighted by molar-refractivity contribution is -0.274. The summed E-state index contributed by atoms with van der Waals surface area (Å²) in [5, 5.41) is 5.53. The summed E-state index contributed by atoms with van der Waals surface area (Å²) in [5.74, 6) is -0.978. The first-order valence-electron chi connectivity index (χ1n) is 7.50. The molecular formula is C18H13F3N2O2S. The molecule has 0 radical (unpaired) electrons. The highest BCUT2D eigenvalue weighted by Crippen LogP contribution is 2.25. The van der Waals surface area contributed by atoms with Crippen molar-refractivity contribution in [1.29, 1.82) is 0 Å². The van der Waals surface area contributed by atoms with E-state index in [0.717, 1.165) is 28.4 Å². The van der Waals surface area contributed by atoms with Crippen molar-refractivity contribution in [2.75, 3.05) is 5.32 Å². The molecule has 1 heterocycles. The summed E-state index contributed by atoms with van der Waals surface area (Å²) in [6.07, 6.45) is -4.81. The Hall–Kier alpha value is -2.87. The molecule has 1 aromatic heterocycles. The number of aromatic nitrogens is 1. The standard InChI is InChI=1S/C18H13F3N2O2S/c1-11-22-16(10-26-11)12-5-7-14(8-6-12)23-17(24)13-3-2-4-15(9-13)25-18(19,20)21/h2-10H,1H3,(H,23,24). The van der Waals surface area contributed by atoms with E-state index in [4.69, 9.17) is 0 Å². The maximum atomic E-state index is 12.3. The highest BCUT2D eigenvalue weighted by Gasteiger charge is 2.31. The number of alkyl halides is 3. The highest BCUT2D eigenvalue weighted by atomic mass is 32.1. The van der Waals surface area contributed by atoms with Gasteiger partial charge in [0.05, 0.1) is 10.7 Å². The average Bonchev–Trinajstić information content (AvgIpc) is 3.01. The zero-order valence-corrected chi connectivity index (χ0v) is 14.3. The molecular weight excluding hydrogens is 365 g/mol. The Morgan fingerprint density at radius 3 is 2.50 bits per heavy atom. The van der Waals surface area contributed by atoms with Crippen LogP contribution in [-0.2, 0) is 0 Å². The number of rotatable bonds is 4. The van der Waals surface area contributed by atoms with E-state index in [9.17, 15) is 18.0 Å². The molecule has 26 heavy (non-hydrogen) atoms. The molecule has 0 aliphatic carbocycles. The maximum absolute atomic E-state index is 12.3. The van der Waals surface area contributed by atoms with Gasteiger partial charge in [-0.3, -0.25) is 4.79 Å². The van der Waals surface area contributed by atoms with Gasteiger partial charge >= 0.3 is 6.36 Å². The van der Waals surface area contributed by atoms with E-state index in [-0.39, 0.29) is 5.56 Å². The minimum absolute atomic E-state index is 0.0611. The maximum Gasteiger partial charge on any atom is 0.573 e. The van der Waals surface area contributed by atoms with Crippen LogP contribution in [0.5, 0.6) is 5.75 Å². The summed E-state index contributed by atoms with van der Waals surface area (Å²) in [6, 6.07) is 11.9. The van der Waals surface area contributed by atoms with Gasteiger partial charge in [-0.15, -0.1) is 24.5 Å². The summed E-state index contributed by atoms with van der Waals surface area (Å²) in [4.78, 5) is 16.6. The second kappa shape index (κ2) is 7.17. The van der Waals surface area contributed by atoms with E-state index < -0.39 is 18.0 Å². The zero-order valence-electron chi connectivity index (χ0n) is 13.5. The van der Waals surface area contributed by atoms with Crippen molar-refractivity contribution in [2.45, 2.75) is 13.3 Å². The molecule has 134 valence electrons. The Labute approximate surface area is 151 Å². The van der Waals surface area contributed by atoms with Gasteiger partial charge in [0.2, 0.25) is 0 Å². The molecule has 3 aromatic rings. The molecule has 0 atom stereocenters. The summed E-state index contributed by atoms with van der Waals surface area (Å²) in [6.45, 7) is 1.92. The average molecular weight is 378 g/mol. The van der Waals surface area contributed by atoms with Crippen molar-refractivity contribution >= 4 is 22.9 Å². The van der Waals surface area contributed by atoms with Crippen LogP contribution in [-0.4, -0.2) is 17.3 Å². The van der Waals surface area contributed by atoms with Crippen LogP contribution in [0.1, 0.15) is 15.4 Å². The Morgan fingerprint density at radius 1 is 1.15 bits per heavy atom. The zero-order chi connectivity index (χ0) is 18.7. The first-order chi connectivity index (χ1) is 12.3. The topological polar surface area (TPSA) is 51.2 Å². The van der Waals surface area contributed by atoms with Crippen LogP contribution in [0.25, 0.3) is 11.3 Å². The van der Waals surface area contributed by atoms with Crippen LogP contribution < -0.4 is 10.1 Å². The molecule has 1 amide bonds. The van der Waals surface area contributed by atoms with Crippen LogP contribution in [0.4, 0.5) is 18.9 Å². The lowest BCUT2D eigenvalue weighted by atomic mass is 10.1. The van der Waals surface area contributed by atoms with Gasteiger partial charge in [0.25, 0.3) is 5.91 Å². The first kappa shape index (κ1) is 17.9. The van der Waals surface area contributed by atoms with Crippen molar-refractivity contribution in [2.24, 2.45) is 0 Å². The number of anilines is 1. The molecule has 0 unspecified atom stereocenters. The van der Waals surface area contributed by atoms with E-state index in [1.165, 1.54) is 12.1 Å². The lowest BCUT2D eigenvalue weighted by Gasteiger charge is -2.10. The Kier molecular flexibility index (Phi) is 4.94. The predicted molar refractivity (Wildman–Crippen MR) is 93.4 cm³/mol. The summed E-state index contributed by atoms with van der Waals surface area (Å²) in [7, 11) is 0. The molecule has 1 N–H and O–H groups in total. The van der Waals surface area contributed by atoms with Crippen LogP contribution >= 0.6 is 11.3 Å². The van der Waals surface area contributed by atoms with Crippen molar-refractivity contribution in [3.05, 3.63) is 64.5 Å². The van der Waals surface area contributed by atoms with Gasteiger partial charge in [-0.2, -0.15) is 0 Å². The fourth-order valence-corrected chi connectivity index (χ4v) is 2.88. The third kappa shape index (κ3) is 4.60. The smallest absolute Gasteiger partial charge is 0.406 e. The molecule has 0 saturated heterocycles. The van der Waals surface area contributed by atoms with E-state index in [1.807, 2.05) is 24.4 Å². The predicted octanol–water partition coefficient (Wildman–Crippen LogP) is 5.27. The molecule has 8 heteroatoms. The minimum atomic E-state index is -4.81. The molecule has 0 fully saturated rings. The van der Waals surface area contributed by atoms with Gasteiger partial charge in [0.1, 0.15) is 5.75 Å². The van der Waals surface area contributed by atoms with Crippen LogP contribution in [0.2, 0.25) is 0 Å². The Balaban J connectivity index is 1.71. The molecule has 2 aromatic carbocycles. The van der Waals surface area contributed by atoms with Gasteiger partial charge in [0.15, 0.2) is 0 Å². The largest absolute Gasteiger partial charge is 0.573 e. The lowest BCUT2D eigenvalue weighted by Crippen LogP contribution is -2.18. The van der Waals surface area contributed by atoms with Crippen molar-refractivity contribution in [1.82, 2.24) is 4.98 Å². The van der Waals surface area contributed by atoms with Gasteiger partial charge in [-0.1, -0.05) is 18.2 Å². The number of carbonyl (C=O) groups excluding carboxylic acids is 1. The number of ether oxygens (including phenoxy) is 1.